The Bertz CT molecular complexity index is 1040. The van der Waals surface area contributed by atoms with Gasteiger partial charge in [-0.25, -0.2) is 8.78 Å². The van der Waals surface area contributed by atoms with E-state index >= 15 is 0 Å². The Labute approximate surface area is 216 Å². The molecule has 0 spiro atoms. The minimum absolute atomic E-state index is 0.00551. The second kappa shape index (κ2) is 11.5. The molecule has 204 valence electrons. The summed E-state index contributed by atoms with van der Waals surface area (Å²) in [4.78, 5) is 17.0. The van der Waals surface area contributed by atoms with Gasteiger partial charge in [0, 0.05) is 38.7 Å². The Balaban J connectivity index is 0.000000207. The van der Waals surface area contributed by atoms with E-state index in [4.69, 9.17) is 0 Å². The monoisotopic (exact) mass is 525 g/mol. The van der Waals surface area contributed by atoms with Crippen LogP contribution < -0.4 is 0 Å². The lowest BCUT2D eigenvalue weighted by molar-refractivity contribution is -0.137. The molecular formula is C28H36F5N3O. The van der Waals surface area contributed by atoms with Crippen molar-refractivity contribution in [3.63, 3.8) is 0 Å². The van der Waals surface area contributed by atoms with Gasteiger partial charge in [-0.15, -0.1) is 0 Å². The molecule has 9 heteroatoms. The normalized spacial score (nSPS) is 21.6. The van der Waals surface area contributed by atoms with Gasteiger partial charge in [-0.2, -0.15) is 13.2 Å². The highest BCUT2D eigenvalue weighted by Crippen LogP contribution is 2.38. The molecule has 1 amide bonds. The summed E-state index contributed by atoms with van der Waals surface area (Å²) >= 11 is 0. The zero-order valence-corrected chi connectivity index (χ0v) is 22.0. The molecule has 0 aliphatic carbocycles. The third-order valence-corrected chi connectivity index (χ3v) is 7.55. The number of hydrogen-bond donors (Lipinski definition) is 0. The SMILES string of the molecule is CC(c1cc(C(C)(F)F)cc(C(F)(F)F)c1)N(C)C=O.Cc1ccccc1C1C2CCCN2CCN1C. The van der Waals surface area contributed by atoms with Gasteiger partial charge < -0.3 is 4.90 Å². The van der Waals surface area contributed by atoms with Gasteiger partial charge in [0.2, 0.25) is 6.41 Å². The van der Waals surface area contributed by atoms with Crippen LogP contribution in [0.4, 0.5) is 22.0 Å². The third-order valence-electron chi connectivity index (χ3n) is 7.55. The van der Waals surface area contributed by atoms with Gasteiger partial charge in [0.15, 0.2) is 0 Å². The maximum absolute atomic E-state index is 13.3. The third kappa shape index (κ3) is 6.87. The lowest BCUT2D eigenvalue weighted by Crippen LogP contribution is -2.50. The molecule has 4 rings (SSSR count). The fourth-order valence-electron chi connectivity index (χ4n) is 5.21. The van der Waals surface area contributed by atoms with Crippen molar-refractivity contribution in [3.05, 3.63) is 70.3 Å². The predicted molar refractivity (Wildman–Crippen MR) is 134 cm³/mol. The molecule has 0 aromatic heterocycles. The van der Waals surface area contributed by atoms with E-state index in [1.807, 2.05) is 0 Å². The number of amides is 1. The highest BCUT2D eigenvalue weighted by Gasteiger charge is 2.39. The number of hydrogen-bond acceptors (Lipinski definition) is 3. The van der Waals surface area contributed by atoms with E-state index in [2.05, 4.69) is 48.0 Å². The van der Waals surface area contributed by atoms with Crippen molar-refractivity contribution in [2.75, 3.05) is 33.7 Å². The van der Waals surface area contributed by atoms with Gasteiger partial charge in [-0.05, 0) is 75.2 Å². The Kier molecular flexibility index (Phi) is 9.01. The Morgan fingerprint density at radius 1 is 1.03 bits per heavy atom. The largest absolute Gasteiger partial charge is 0.416 e. The maximum Gasteiger partial charge on any atom is 0.416 e. The molecular weight excluding hydrogens is 489 g/mol. The minimum atomic E-state index is -4.73. The van der Waals surface area contributed by atoms with Crippen molar-refractivity contribution in [2.45, 2.75) is 63.8 Å². The van der Waals surface area contributed by atoms with Crippen LogP contribution >= 0.6 is 0 Å². The molecule has 4 nitrogen and oxygen atoms in total. The summed E-state index contributed by atoms with van der Waals surface area (Å²) in [6.07, 6.45) is -1.56. The summed E-state index contributed by atoms with van der Waals surface area (Å²) in [6, 6.07) is 11.7. The molecule has 2 aromatic carbocycles. The lowest BCUT2D eigenvalue weighted by Gasteiger charge is -2.43. The van der Waals surface area contributed by atoms with Crippen molar-refractivity contribution < 1.29 is 26.7 Å². The average Bonchev–Trinajstić information content (AvgIpc) is 3.31. The molecule has 2 saturated heterocycles. The number of aryl methyl sites for hydroxylation is 1. The van der Waals surface area contributed by atoms with Crippen molar-refractivity contribution in [1.82, 2.24) is 14.7 Å². The molecule has 2 aliphatic heterocycles. The molecule has 0 radical (unpaired) electrons. The number of likely N-dealkylation sites (N-methyl/N-ethyl adjacent to an activating group) is 1. The number of piperazine rings is 1. The summed E-state index contributed by atoms with van der Waals surface area (Å²) in [5, 5.41) is 0. The summed E-state index contributed by atoms with van der Waals surface area (Å²) in [5.41, 5.74) is 1.10. The fourth-order valence-corrected chi connectivity index (χ4v) is 5.21. The molecule has 3 atom stereocenters. The van der Waals surface area contributed by atoms with E-state index in [9.17, 15) is 26.7 Å². The van der Waals surface area contributed by atoms with Gasteiger partial charge in [-0.1, -0.05) is 24.3 Å². The molecule has 2 aliphatic rings. The van der Waals surface area contributed by atoms with Crippen LogP contribution in [0.3, 0.4) is 0 Å². The standard InChI is InChI=1S/C15H22N2.C13H14F5NO/c1-12-6-3-4-7-13(12)15-14-8-5-9-17(14)11-10-16(15)2;1-8(19(3)7-20)9-4-10(12(2,14)15)6-11(5-9)13(16,17)18/h3-4,6-7,14-15H,5,8-11H2,1-2H3;4-8H,1-3H3. The van der Waals surface area contributed by atoms with Crippen LogP contribution in [0.15, 0.2) is 42.5 Å². The van der Waals surface area contributed by atoms with Crippen LogP contribution in [0.2, 0.25) is 0 Å². The van der Waals surface area contributed by atoms with Gasteiger partial charge in [0.05, 0.1) is 17.6 Å². The fraction of sp³-hybridized carbons (Fsp3) is 0.536. The zero-order valence-electron chi connectivity index (χ0n) is 22.0. The van der Waals surface area contributed by atoms with Crippen LogP contribution in [-0.4, -0.2) is 60.9 Å². The van der Waals surface area contributed by atoms with E-state index in [0.29, 0.717) is 25.4 Å². The second-order valence-electron chi connectivity index (χ2n) is 10.2. The zero-order chi connectivity index (χ0) is 27.5. The van der Waals surface area contributed by atoms with Gasteiger partial charge in [-0.3, -0.25) is 14.6 Å². The number of nitrogens with zero attached hydrogens (tertiary/aromatic N) is 3. The van der Waals surface area contributed by atoms with Crippen LogP contribution in [0.25, 0.3) is 0 Å². The molecule has 37 heavy (non-hydrogen) atoms. The first-order chi connectivity index (χ1) is 17.2. The summed E-state index contributed by atoms with van der Waals surface area (Å²) in [7, 11) is 3.65. The number of benzene rings is 2. The maximum atomic E-state index is 13.3. The molecule has 0 bridgehead atoms. The van der Waals surface area contributed by atoms with Crippen molar-refractivity contribution in [1.29, 1.82) is 0 Å². The summed E-state index contributed by atoms with van der Waals surface area (Å²) < 4.78 is 64.9. The molecule has 2 heterocycles. The van der Waals surface area contributed by atoms with E-state index in [0.717, 1.165) is 23.1 Å². The smallest absolute Gasteiger partial charge is 0.342 e. The van der Waals surface area contributed by atoms with Gasteiger partial charge in [0.1, 0.15) is 0 Å². The van der Waals surface area contributed by atoms with Crippen LogP contribution in [0.5, 0.6) is 0 Å². The van der Waals surface area contributed by atoms with Crippen LogP contribution in [-0.2, 0) is 16.9 Å². The Morgan fingerprint density at radius 3 is 2.27 bits per heavy atom. The number of carbonyl (C=O) groups excluding carboxylic acids is 1. The van der Waals surface area contributed by atoms with Crippen LogP contribution in [0.1, 0.15) is 66.6 Å². The molecule has 2 fully saturated rings. The summed E-state index contributed by atoms with van der Waals surface area (Å²) in [6.45, 7) is 8.00. The molecule has 0 saturated carbocycles. The van der Waals surface area contributed by atoms with Gasteiger partial charge in [0.25, 0.3) is 5.92 Å². The number of carbonyl (C=O) groups is 1. The Hall–Kier alpha value is -2.52. The number of rotatable bonds is 5. The first kappa shape index (κ1) is 29.0. The number of halogens is 5. The van der Waals surface area contributed by atoms with E-state index in [1.165, 1.54) is 57.6 Å². The quantitative estimate of drug-likeness (QED) is 0.333. The van der Waals surface area contributed by atoms with Crippen molar-refractivity contribution in [2.24, 2.45) is 0 Å². The summed E-state index contributed by atoms with van der Waals surface area (Å²) in [5.74, 6) is -3.39. The number of alkyl halides is 5. The van der Waals surface area contributed by atoms with Gasteiger partial charge >= 0.3 is 6.18 Å². The predicted octanol–water partition coefficient (Wildman–Crippen LogP) is 6.41. The van der Waals surface area contributed by atoms with E-state index in [-0.39, 0.29) is 5.56 Å². The van der Waals surface area contributed by atoms with Crippen LogP contribution in [0, 0.1) is 6.92 Å². The minimum Gasteiger partial charge on any atom is -0.342 e. The topological polar surface area (TPSA) is 26.8 Å². The first-order valence-electron chi connectivity index (χ1n) is 12.5. The molecule has 0 N–H and O–H groups in total. The molecule has 2 aromatic rings. The second-order valence-corrected chi connectivity index (χ2v) is 10.2. The lowest BCUT2D eigenvalue weighted by atomic mass is 9.91. The van der Waals surface area contributed by atoms with E-state index in [1.54, 1.807) is 0 Å². The highest BCUT2D eigenvalue weighted by atomic mass is 19.4. The van der Waals surface area contributed by atoms with Crippen molar-refractivity contribution >= 4 is 6.41 Å². The highest BCUT2D eigenvalue weighted by molar-refractivity contribution is 5.48. The first-order valence-corrected chi connectivity index (χ1v) is 12.5. The molecule has 3 unspecified atom stereocenters. The van der Waals surface area contributed by atoms with Crippen molar-refractivity contribution in [3.8, 4) is 0 Å². The average molecular weight is 526 g/mol. The van der Waals surface area contributed by atoms with E-state index < -0.39 is 29.3 Å². The number of fused-ring (bicyclic) bond motifs is 1. The Morgan fingerprint density at radius 2 is 1.68 bits per heavy atom.